The summed E-state index contributed by atoms with van der Waals surface area (Å²) in [6.45, 7) is 5.08. The first-order valence-electron chi connectivity index (χ1n) is 8.78. The number of aromatic nitrogens is 4. The van der Waals surface area contributed by atoms with E-state index in [1.54, 1.807) is 16.2 Å². The minimum absolute atomic E-state index is 0.000751. The van der Waals surface area contributed by atoms with Gasteiger partial charge >= 0.3 is 0 Å². The second-order valence-electron chi connectivity index (χ2n) is 6.80. The van der Waals surface area contributed by atoms with Crippen LogP contribution in [0.2, 0.25) is 0 Å². The molecule has 9 heteroatoms. The molecule has 1 amide bonds. The average Bonchev–Trinajstić information content (AvgIpc) is 3.27. The molecule has 6 nitrogen and oxygen atoms in total. The zero-order valence-corrected chi connectivity index (χ0v) is 15.8. The molecule has 4 heterocycles. The van der Waals surface area contributed by atoms with Gasteiger partial charge in [-0.2, -0.15) is 14.6 Å². The summed E-state index contributed by atoms with van der Waals surface area (Å²) in [4.78, 5) is 24.2. The topological polar surface area (TPSA) is 63.4 Å². The van der Waals surface area contributed by atoms with Crippen molar-refractivity contribution in [3.63, 3.8) is 0 Å². The summed E-state index contributed by atoms with van der Waals surface area (Å²) >= 11 is 1.57. The summed E-state index contributed by atoms with van der Waals surface area (Å²) in [5.41, 5.74) is 2.06. The second kappa shape index (κ2) is 6.95. The van der Waals surface area contributed by atoms with Gasteiger partial charge in [-0.25, -0.2) is 13.8 Å². The number of carbonyl (C=O) groups excluding carboxylic acids is 1. The van der Waals surface area contributed by atoms with Crippen LogP contribution in [0.3, 0.4) is 0 Å². The maximum atomic E-state index is 13.4. The Bertz CT molecular complexity index is 999. The first kappa shape index (κ1) is 18.0. The van der Waals surface area contributed by atoms with E-state index in [0.29, 0.717) is 18.8 Å². The van der Waals surface area contributed by atoms with E-state index in [4.69, 9.17) is 0 Å². The fraction of sp³-hybridized carbons (Fsp3) is 0.444. The zero-order valence-electron chi connectivity index (χ0n) is 15.0. The number of amides is 1. The van der Waals surface area contributed by atoms with Crippen LogP contribution in [-0.4, -0.2) is 43.5 Å². The lowest BCUT2D eigenvalue weighted by Crippen LogP contribution is -2.39. The van der Waals surface area contributed by atoms with E-state index in [0.717, 1.165) is 33.4 Å². The summed E-state index contributed by atoms with van der Waals surface area (Å²) in [7, 11) is 0. The number of alkyl halides is 2. The summed E-state index contributed by atoms with van der Waals surface area (Å²) in [5.74, 6) is 0.0664. The van der Waals surface area contributed by atoms with Crippen molar-refractivity contribution in [3.05, 3.63) is 45.2 Å². The molecular formula is C18H19F2N5OS. The Kier molecular flexibility index (Phi) is 4.63. The van der Waals surface area contributed by atoms with E-state index in [1.165, 1.54) is 12.4 Å². The minimum atomic E-state index is -2.67. The lowest BCUT2D eigenvalue weighted by molar-refractivity contribution is 0.0705. The smallest absolute Gasteiger partial charge is 0.280 e. The average molecular weight is 391 g/mol. The van der Waals surface area contributed by atoms with Crippen LogP contribution in [0.25, 0.3) is 5.78 Å². The van der Waals surface area contributed by atoms with Gasteiger partial charge in [-0.15, -0.1) is 11.3 Å². The van der Waals surface area contributed by atoms with Crippen LogP contribution in [0.1, 0.15) is 57.4 Å². The molecule has 0 N–H and O–H groups in total. The van der Waals surface area contributed by atoms with Gasteiger partial charge in [-0.3, -0.25) is 4.79 Å². The van der Waals surface area contributed by atoms with Crippen LogP contribution in [-0.2, 0) is 0 Å². The maximum absolute atomic E-state index is 13.4. The molecule has 1 unspecified atom stereocenters. The summed E-state index contributed by atoms with van der Waals surface area (Å²) in [6, 6.07) is 1.39. The lowest BCUT2D eigenvalue weighted by atomic mass is 9.93. The van der Waals surface area contributed by atoms with Gasteiger partial charge in [0.1, 0.15) is 12.0 Å². The van der Waals surface area contributed by atoms with Crippen LogP contribution < -0.4 is 0 Å². The van der Waals surface area contributed by atoms with Crippen molar-refractivity contribution in [1.29, 1.82) is 0 Å². The molecule has 1 aliphatic rings. The molecule has 4 rings (SSSR count). The predicted octanol–water partition coefficient (Wildman–Crippen LogP) is 3.76. The van der Waals surface area contributed by atoms with Crippen LogP contribution in [0.5, 0.6) is 0 Å². The summed E-state index contributed by atoms with van der Waals surface area (Å²) in [6.07, 6.45) is 0.151. The number of nitrogens with zero attached hydrogens (tertiary/aromatic N) is 5. The van der Waals surface area contributed by atoms with Crippen molar-refractivity contribution in [3.8, 4) is 0 Å². The monoisotopic (exact) mass is 391 g/mol. The minimum Gasteiger partial charge on any atom is -0.338 e. The molecule has 0 saturated carbocycles. The summed E-state index contributed by atoms with van der Waals surface area (Å²) < 4.78 is 27.9. The number of piperidine rings is 1. The number of rotatable bonds is 3. The molecule has 3 aromatic rings. The van der Waals surface area contributed by atoms with E-state index in [1.807, 2.05) is 19.2 Å². The van der Waals surface area contributed by atoms with Gasteiger partial charge < -0.3 is 4.90 Å². The maximum Gasteiger partial charge on any atom is 0.280 e. The molecule has 0 bridgehead atoms. The van der Waals surface area contributed by atoms with E-state index < -0.39 is 6.43 Å². The third-order valence-corrected chi connectivity index (χ3v) is 6.18. The van der Waals surface area contributed by atoms with Crippen LogP contribution in [0.4, 0.5) is 8.78 Å². The van der Waals surface area contributed by atoms with Crippen molar-refractivity contribution in [2.45, 2.75) is 39.0 Å². The van der Waals surface area contributed by atoms with Gasteiger partial charge in [0.15, 0.2) is 0 Å². The Morgan fingerprint density at radius 1 is 1.37 bits per heavy atom. The quantitative estimate of drug-likeness (QED) is 0.682. The Morgan fingerprint density at radius 3 is 2.89 bits per heavy atom. The van der Waals surface area contributed by atoms with Crippen molar-refractivity contribution in [1.82, 2.24) is 24.5 Å². The standard InChI is InChI=1S/C18H19F2N5OS/c1-10-11(2)27-8-13(10)17(26)24-5-3-4-12(7-24)14-6-15(16(19)20)25-18(23-14)21-9-22-25/h6,8-9,12,16H,3-5,7H2,1-2H3. The lowest BCUT2D eigenvalue weighted by Gasteiger charge is -2.32. The van der Waals surface area contributed by atoms with Gasteiger partial charge in [0, 0.05) is 29.3 Å². The summed E-state index contributed by atoms with van der Waals surface area (Å²) in [5, 5.41) is 5.72. The van der Waals surface area contributed by atoms with E-state index in [-0.39, 0.29) is 23.3 Å². The molecule has 3 aromatic heterocycles. The Morgan fingerprint density at radius 2 is 2.19 bits per heavy atom. The number of aryl methyl sites for hydroxylation is 1. The third kappa shape index (κ3) is 3.20. The van der Waals surface area contributed by atoms with Gasteiger partial charge in [0.05, 0.1) is 11.3 Å². The highest BCUT2D eigenvalue weighted by Gasteiger charge is 2.29. The largest absolute Gasteiger partial charge is 0.338 e. The number of hydrogen-bond donors (Lipinski definition) is 0. The van der Waals surface area contributed by atoms with Crippen LogP contribution in [0.15, 0.2) is 17.8 Å². The predicted molar refractivity (Wildman–Crippen MR) is 97.4 cm³/mol. The van der Waals surface area contributed by atoms with Crippen LogP contribution >= 0.6 is 11.3 Å². The van der Waals surface area contributed by atoms with E-state index in [9.17, 15) is 13.6 Å². The fourth-order valence-electron chi connectivity index (χ4n) is 3.52. The molecule has 0 aromatic carbocycles. The highest BCUT2D eigenvalue weighted by molar-refractivity contribution is 7.10. The number of likely N-dealkylation sites (tertiary alicyclic amines) is 1. The molecule has 0 spiro atoms. The number of fused-ring (bicyclic) bond motifs is 1. The zero-order chi connectivity index (χ0) is 19.1. The molecule has 1 aliphatic heterocycles. The third-order valence-electron chi connectivity index (χ3n) is 5.17. The normalized spacial score (nSPS) is 17.8. The van der Waals surface area contributed by atoms with E-state index in [2.05, 4.69) is 15.1 Å². The number of thiophene rings is 1. The second-order valence-corrected chi connectivity index (χ2v) is 7.88. The van der Waals surface area contributed by atoms with Crippen molar-refractivity contribution in [2.24, 2.45) is 0 Å². The van der Waals surface area contributed by atoms with Crippen molar-refractivity contribution in [2.75, 3.05) is 13.1 Å². The SMILES string of the molecule is Cc1scc(C(=O)N2CCCC(c3cc(C(F)F)n4ncnc4n3)C2)c1C. The Hall–Kier alpha value is -2.42. The van der Waals surface area contributed by atoms with Gasteiger partial charge in [-0.05, 0) is 38.3 Å². The first-order valence-corrected chi connectivity index (χ1v) is 9.66. The molecule has 1 fully saturated rings. The molecule has 0 aliphatic carbocycles. The van der Waals surface area contributed by atoms with Crippen LogP contribution in [0, 0.1) is 13.8 Å². The molecular weight excluding hydrogens is 372 g/mol. The Labute approximate surface area is 158 Å². The molecule has 1 atom stereocenters. The highest BCUT2D eigenvalue weighted by atomic mass is 32.1. The van der Waals surface area contributed by atoms with E-state index >= 15 is 0 Å². The number of carbonyl (C=O) groups is 1. The number of halogens is 2. The Balaban J connectivity index is 1.62. The molecule has 142 valence electrons. The van der Waals surface area contributed by atoms with Crippen molar-refractivity contribution < 1.29 is 13.6 Å². The molecule has 1 saturated heterocycles. The first-order chi connectivity index (χ1) is 13.0. The van der Waals surface area contributed by atoms with Crippen molar-refractivity contribution >= 4 is 23.0 Å². The van der Waals surface area contributed by atoms with Gasteiger partial charge in [0.25, 0.3) is 18.1 Å². The van der Waals surface area contributed by atoms with Gasteiger partial charge in [0.2, 0.25) is 0 Å². The number of hydrogen-bond acceptors (Lipinski definition) is 5. The van der Waals surface area contributed by atoms with Gasteiger partial charge in [-0.1, -0.05) is 0 Å². The molecule has 27 heavy (non-hydrogen) atoms. The fourth-order valence-corrected chi connectivity index (χ4v) is 4.38. The molecule has 0 radical (unpaired) electrons. The highest BCUT2D eigenvalue weighted by Crippen LogP contribution is 2.30.